The van der Waals surface area contributed by atoms with Crippen LogP contribution < -0.4 is 5.32 Å². The summed E-state index contributed by atoms with van der Waals surface area (Å²) < 4.78 is 9.76. The zero-order chi connectivity index (χ0) is 19.3. The topological polar surface area (TPSA) is 84.9 Å². The number of morpholine rings is 1. The number of nitrogens with zero attached hydrogens (tertiary/aromatic N) is 7. The fraction of sp³-hybridized carbons (Fsp3) is 0.474. The summed E-state index contributed by atoms with van der Waals surface area (Å²) in [5.74, 6) is 1.89. The highest BCUT2D eigenvalue weighted by Gasteiger charge is 2.25. The molecular weight excluding hydrogens is 356 g/mol. The molecule has 3 aromatic heterocycles. The van der Waals surface area contributed by atoms with Crippen molar-refractivity contribution in [1.82, 2.24) is 34.6 Å². The summed E-state index contributed by atoms with van der Waals surface area (Å²) in [5.41, 5.74) is 1.98. The van der Waals surface area contributed by atoms with Gasteiger partial charge in [-0.25, -0.2) is 0 Å². The molecule has 1 N–H and O–H groups in total. The highest BCUT2D eigenvalue weighted by molar-refractivity contribution is 5.80. The maximum Gasteiger partial charge on any atom is 0.193 e. The van der Waals surface area contributed by atoms with Gasteiger partial charge in [0.15, 0.2) is 11.6 Å². The Morgan fingerprint density at radius 2 is 2.29 bits per heavy atom. The van der Waals surface area contributed by atoms with E-state index in [0.717, 1.165) is 55.5 Å². The van der Waals surface area contributed by atoms with E-state index in [2.05, 4.69) is 30.5 Å². The lowest BCUT2D eigenvalue weighted by atomic mass is 10.1. The van der Waals surface area contributed by atoms with E-state index in [1.807, 2.05) is 55.3 Å². The molecular formula is C19H26N8O. The number of hydrogen-bond acceptors (Lipinski definition) is 5. The molecule has 0 bridgehead atoms. The minimum absolute atomic E-state index is 0.0170. The number of hydrogen-bond donors (Lipinski definition) is 1. The molecule has 0 spiro atoms. The molecule has 3 aromatic rings. The van der Waals surface area contributed by atoms with Crippen molar-refractivity contribution in [3.8, 4) is 0 Å². The van der Waals surface area contributed by atoms with E-state index in [1.165, 1.54) is 0 Å². The molecule has 0 amide bonds. The molecule has 28 heavy (non-hydrogen) atoms. The zero-order valence-corrected chi connectivity index (χ0v) is 16.3. The highest BCUT2D eigenvalue weighted by atomic mass is 16.5. The van der Waals surface area contributed by atoms with Gasteiger partial charge in [0.1, 0.15) is 11.9 Å². The lowest BCUT2D eigenvalue weighted by molar-refractivity contribution is -0.00801. The molecule has 0 radical (unpaired) electrons. The van der Waals surface area contributed by atoms with Gasteiger partial charge in [-0.3, -0.25) is 14.1 Å². The Morgan fingerprint density at radius 1 is 1.36 bits per heavy atom. The van der Waals surface area contributed by atoms with E-state index < -0.39 is 0 Å². The van der Waals surface area contributed by atoms with Crippen molar-refractivity contribution in [2.75, 3.05) is 33.3 Å². The van der Waals surface area contributed by atoms with Gasteiger partial charge >= 0.3 is 0 Å². The smallest absolute Gasteiger partial charge is 0.193 e. The second-order valence-electron chi connectivity index (χ2n) is 6.88. The molecule has 4 heterocycles. The molecule has 4 rings (SSSR count). The van der Waals surface area contributed by atoms with Crippen LogP contribution in [0.4, 0.5) is 0 Å². The first-order valence-electron chi connectivity index (χ1n) is 9.59. The minimum atomic E-state index is 0.0170. The number of aliphatic imine (C=N–C) groups is 1. The highest BCUT2D eigenvalue weighted by Crippen LogP contribution is 2.21. The average Bonchev–Trinajstić information content (AvgIpc) is 3.35. The zero-order valence-electron chi connectivity index (χ0n) is 16.3. The number of ether oxygens (including phenoxy) is 1. The van der Waals surface area contributed by atoms with Crippen molar-refractivity contribution in [2.45, 2.75) is 18.9 Å². The predicted octanol–water partition coefficient (Wildman–Crippen LogP) is 1.04. The third-order valence-electron chi connectivity index (χ3n) is 4.92. The molecule has 0 aliphatic carbocycles. The Bertz CT molecular complexity index is 946. The predicted molar refractivity (Wildman–Crippen MR) is 106 cm³/mol. The van der Waals surface area contributed by atoms with Gasteiger partial charge in [0, 0.05) is 51.6 Å². The normalized spacial score (nSPS) is 18.0. The number of rotatable bonds is 5. The Morgan fingerprint density at radius 3 is 3.11 bits per heavy atom. The molecule has 0 aromatic carbocycles. The summed E-state index contributed by atoms with van der Waals surface area (Å²) in [6, 6.07) is 5.94. The third kappa shape index (κ3) is 3.99. The number of guanidine groups is 1. The van der Waals surface area contributed by atoms with Crippen LogP contribution in [0.1, 0.15) is 23.9 Å². The van der Waals surface area contributed by atoms with E-state index in [1.54, 1.807) is 4.68 Å². The lowest BCUT2D eigenvalue weighted by Gasteiger charge is -2.34. The largest absolute Gasteiger partial charge is 0.370 e. The average molecular weight is 382 g/mol. The van der Waals surface area contributed by atoms with Gasteiger partial charge in [-0.15, -0.1) is 10.2 Å². The van der Waals surface area contributed by atoms with E-state index in [0.29, 0.717) is 6.61 Å². The first kappa shape index (κ1) is 18.4. The SMILES string of the molecule is CN=C(NCCCc1nnc2ccccn12)N1CCOC(c2cnn(C)c2)C1. The lowest BCUT2D eigenvalue weighted by Crippen LogP contribution is -2.48. The Labute approximate surface area is 164 Å². The van der Waals surface area contributed by atoms with Crippen LogP contribution in [0, 0.1) is 0 Å². The second-order valence-corrected chi connectivity index (χ2v) is 6.88. The Kier molecular flexibility index (Phi) is 5.52. The van der Waals surface area contributed by atoms with Crippen molar-refractivity contribution in [3.63, 3.8) is 0 Å². The van der Waals surface area contributed by atoms with Crippen molar-refractivity contribution in [1.29, 1.82) is 0 Å². The Balaban J connectivity index is 1.29. The van der Waals surface area contributed by atoms with Crippen molar-refractivity contribution in [3.05, 3.63) is 48.2 Å². The van der Waals surface area contributed by atoms with Crippen LogP contribution in [-0.2, 0) is 18.2 Å². The van der Waals surface area contributed by atoms with E-state index in [-0.39, 0.29) is 6.10 Å². The number of aromatic nitrogens is 5. The molecule has 9 heteroatoms. The number of aryl methyl sites for hydroxylation is 2. The molecule has 1 saturated heterocycles. The van der Waals surface area contributed by atoms with Gasteiger partial charge in [0.2, 0.25) is 0 Å². The maximum absolute atomic E-state index is 5.92. The van der Waals surface area contributed by atoms with E-state index >= 15 is 0 Å². The molecule has 1 aliphatic rings. The summed E-state index contributed by atoms with van der Waals surface area (Å²) in [6.45, 7) is 3.08. The molecule has 0 saturated carbocycles. The van der Waals surface area contributed by atoms with Gasteiger partial charge in [-0.1, -0.05) is 6.07 Å². The van der Waals surface area contributed by atoms with Crippen LogP contribution in [0.15, 0.2) is 41.8 Å². The van der Waals surface area contributed by atoms with E-state index in [4.69, 9.17) is 4.74 Å². The molecule has 1 unspecified atom stereocenters. The standard InChI is InChI=1S/C19H26N8O/c1-20-19(26-10-11-28-16(14-26)15-12-22-25(2)13-15)21-8-5-7-18-24-23-17-6-3-4-9-27(17)18/h3-4,6,9,12-13,16H,5,7-8,10-11,14H2,1-2H3,(H,20,21). The van der Waals surface area contributed by atoms with Gasteiger partial charge in [0.05, 0.1) is 19.3 Å². The van der Waals surface area contributed by atoms with Gasteiger partial charge in [-0.2, -0.15) is 5.10 Å². The summed E-state index contributed by atoms with van der Waals surface area (Å²) in [4.78, 5) is 6.70. The van der Waals surface area contributed by atoms with Crippen molar-refractivity contribution in [2.24, 2.45) is 12.0 Å². The van der Waals surface area contributed by atoms with E-state index in [9.17, 15) is 0 Å². The monoisotopic (exact) mass is 382 g/mol. The van der Waals surface area contributed by atoms with Crippen LogP contribution in [0.2, 0.25) is 0 Å². The van der Waals surface area contributed by atoms with Crippen LogP contribution in [0.25, 0.3) is 5.65 Å². The summed E-state index contributed by atoms with van der Waals surface area (Å²) >= 11 is 0. The minimum Gasteiger partial charge on any atom is -0.370 e. The van der Waals surface area contributed by atoms with Crippen LogP contribution >= 0.6 is 0 Å². The fourth-order valence-electron chi connectivity index (χ4n) is 3.49. The molecule has 1 aliphatic heterocycles. The summed E-state index contributed by atoms with van der Waals surface area (Å²) in [5, 5.41) is 16.2. The summed E-state index contributed by atoms with van der Waals surface area (Å²) in [6.07, 6.45) is 7.70. The fourth-order valence-corrected chi connectivity index (χ4v) is 3.49. The first-order chi connectivity index (χ1) is 13.7. The maximum atomic E-state index is 5.92. The van der Waals surface area contributed by atoms with Gasteiger partial charge in [0.25, 0.3) is 0 Å². The number of nitrogens with one attached hydrogen (secondary N) is 1. The third-order valence-corrected chi connectivity index (χ3v) is 4.92. The van der Waals surface area contributed by atoms with Crippen molar-refractivity contribution >= 4 is 11.6 Å². The quantitative estimate of drug-likeness (QED) is 0.403. The van der Waals surface area contributed by atoms with Crippen LogP contribution in [0.3, 0.4) is 0 Å². The van der Waals surface area contributed by atoms with Gasteiger partial charge in [-0.05, 0) is 18.6 Å². The van der Waals surface area contributed by atoms with Gasteiger partial charge < -0.3 is 15.0 Å². The Hall–Kier alpha value is -2.94. The molecule has 1 fully saturated rings. The number of fused-ring (bicyclic) bond motifs is 1. The molecule has 148 valence electrons. The second kappa shape index (κ2) is 8.39. The first-order valence-corrected chi connectivity index (χ1v) is 9.59. The summed E-state index contributed by atoms with van der Waals surface area (Å²) in [7, 11) is 3.74. The van der Waals surface area contributed by atoms with Crippen LogP contribution in [0.5, 0.6) is 0 Å². The molecule has 9 nitrogen and oxygen atoms in total. The van der Waals surface area contributed by atoms with Crippen molar-refractivity contribution < 1.29 is 4.74 Å². The number of pyridine rings is 1. The van der Waals surface area contributed by atoms with Crippen LogP contribution in [-0.4, -0.2) is 68.5 Å². The molecule has 1 atom stereocenters.